The largest absolute Gasteiger partial charge is 0.370 e. The fourth-order valence-corrected chi connectivity index (χ4v) is 5.67. The molecule has 2 fully saturated rings. The molecule has 0 bridgehead atoms. The highest BCUT2D eigenvalue weighted by Gasteiger charge is 2.43. The van der Waals surface area contributed by atoms with Gasteiger partial charge in [0.2, 0.25) is 11.8 Å². The Kier molecular flexibility index (Phi) is 7.58. The summed E-state index contributed by atoms with van der Waals surface area (Å²) in [5.41, 5.74) is 1.02. The lowest BCUT2D eigenvalue weighted by molar-refractivity contribution is -0.133. The van der Waals surface area contributed by atoms with E-state index in [-0.39, 0.29) is 30.2 Å². The van der Waals surface area contributed by atoms with E-state index in [4.69, 9.17) is 4.74 Å². The first-order valence-electron chi connectivity index (χ1n) is 11.3. The van der Waals surface area contributed by atoms with Gasteiger partial charge >= 0.3 is 0 Å². The molecule has 11 heteroatoms. The molecule has 0 aliphatic carbocycles. The van der Waals surface area contributed by atoms with Gasteiger partial charge < -0.3 is 25.2 Å². The lowest BCUT2D eigenvalue weighted by Crippen LogP contribution is -2.62. The number of ether oxygens (including phenoxy) is 1. The molecule has 35 heavy (non-hydrogen) atoms. The third kappa shape index (κ3) is 5.57. The highest BCUT2D eigenvalue weighted by atomic mass is 79.9. The van der Waals surface area contributed by atoms with Crippen molar-refractivity contribution in [1.29, 1.82) is 0 Å². The molecule has 4 amide bonds. The maximum Gasteiger partial charge on any atom is 0.262 e. The second-order valence-corrected chi connectivity index (χ2v) is 11.2. The number of benzene rings is 1. The van der Waals surface area contributed by atoms with Gasteiger partial charge in [-0.15, -0.1) is 11.3 Å². The van der Waals surface area contributed by atoms with Crippen molar-refractivity contribution in [2.75, 3.05) is 43.1 Å². The predicted octanol–water partition coefficient (Wildman–Crippen LogP) is 2.93. The second-order valence-electron chi connectivity index (χ2n) is 8.70. The standard InChI is InChI=1S/C24H27BrN4O5S/c1-15-13-17(3-4-18(15)29-11-12-34-14-21(29)31)26-23(33)24(7-9-28(10-8-24)16(2)30)27-22(32)19-5-6-20(25)35-19/h3-6,13H,7-12,14H2,1-2H3,(H,26,33)(H,27,32). The molecule has 0 saturated carbocycles. The summed E-state index contributed by atoms with van der Waals surface area (Å²) >= 11 is 4.65. The zero-order chi connectivity index (χ0) is 25.2. The maximum absolute atomic E-state index is 13.6. The van der Waals surface area contributed by atoms with Gasteiger partial charge in [0.25, 0.3) is 11.8 Å². The summed E-state index contributed by atoms with van der Waals surface area (Å²) in [4.78, 5) is 54.5. The van der Waals surface area contributed by atoms with E-state index in [1.807, 2.05) is 13.0 Å². The van der Waals surface area contributed by atoms with Crippen LogP contribution >= 0.6 is 27.3 Å². The first-order valence-corrected chi connectivity index (χ1v) is 12.9. The lowest BCUT2D eigenvalue weighted by Gasteiger charge is -2.40. The summed E-state index contributed by atoms with van der Waals surface area (Å²) in [6, 6.07) is 8.86. The van der Waals surface area contributed by atoms with Gasteiger partial charge in [-0.05, 0) is 71.6 Å². The Morgan fingerprint density at radius 3 is 2.46 bits per heavy atom. The lowest BCUT2D eigenvalue weighted by atomic mass is 9.86. The van der Waals surface area contributed by atoms with Crippen molar-refractivity contribution >= 4 is 62.3 Å². The maximum atomic E-state index is 13.6. The summed E-state index contributed by atoms with van der Waals surface area (Å²) in [6.07, 6.45) is 0.603. The van der Waals surface area contributed by atoms with Crippen molar-refractivity contribution in [3.05, 3.63) is 44.6 Å². The molecule has 1 aromatic carbocycles. The average molecular weight is 563 g/mol. The molecule has 4 rings (SSSR count). The fourth-order valence-electron chi connectivity index (χ4n) is 4.39. The Labute approximate surface area is 215 Å². The monoisotopic (exact) mass is 562 g/mol. The molecule has 2 aliphatic rings. The highest BCUT2D eigenvalue weighted by Crippen LogP contribution is 2.29. The van der Waals surface area contributed by atoms with Gasteiger partial charge in [0.05, 0.1) is 15.3 Å². The quantitative estimate of drug-likeness (QED) is 0.582. The molecule has 0 radical (unpaired) electrons. The van der Waals surface area contributed by atoms with Crippen LogP contribution in [-0.4, -0.2) is 66.9 Å². The third-order valence-electron chi connectivity index (χ3n) is 6.38. The molecule has 3 heterocycles. The Balaban J connectivity index is 1.54. The Hall–Kier alpha value is -2.76. The van der Waals surface area contributed by atoms with Crippen LogP contribution in [0.25, 0.3) is 0 Å². The van der Waals surface area contributed by atoms with Crippen molar-refractivity contribution in [2.24, 2.45) is 0 Å². The second kappa shape index (κ2) is 10.5. The number of aryl methyl sites for hydroxylation is 1. The van der Waals surface area contributed by atoms with Crippen LogP contribution in [0.1, 0.15) is 35.0 Å². The molecule has 1 aromatic heterocycles. The number of hydrogen-bond acceptors (Lipinski definition) is 6. The summed E-state index contributed by atoms with van der Waals surface area (Å²) in [7, 11) is 0. The van der Waals surface area contributed by atoms with Crippen molar-refractivity contribution in [3.63, 3.8) is 0 Å². The zero-order valence-corrected chi connectivity index (χ0v) is 22.0. The van der Waals surface area contributed by atoms with Crippen LogP contribution in [0.15, 0.2) is 34.1 Å². The number of nitrogens with one attached hydrogen (secondary N) is 2. The molecule has 9 nitrogen and oxygen atoms in total. The average Bonchev–Trinajstić information content (AvgIpc) is 3.26. The van der Waals surface area contributed by atoms with Crippen molar-refractivity contribution in [1.82, 2.24) is 10.2 Å². The summed E-state index contributed by atoms with van der Waals surface area (Å²) < 4.78 is 6.03. The molecular weight excluding hydrogens is 536 g/mol. The van der Waals surface area contributed by atoms with E-state index in [9.17, 15) is 19.2 Å². The van der Waals surface area contributed by atoms with Crippen molar-refractivity contribution in [3.8, 4) is 0 Å². The zero-order valence-electron chi connectivity index (χ0n) is 19.6. The van der Waals surface area contributed by atoms with Crippen LogP contribution < -0.4 is 15.5 Å². The SMILES string of the molecule is CC(=O)N1CCC(NC(=O)c2ccc(Br)s2)(C(=O)Nc2ccc(N3CCOCC3=O)c(C)c2)CC1. The van der Waals surface area contributed by atoms with Gasteiger partial charge in [0.15, 0.2) is 0 Å². The van der Waals surface area contributed by atoms with Gasteiger partial charge in [-0.25, -0.2) is 0 Å². The molecule has 0 unspecified atom stereocenters. The molecular formula is C24H27BrN4O5S. The minimum atomic E-state index is -1.16. The van der Waals surface area contributed by atoms with Crippen LogP contribution in [-0.2, 0) is 19.1 Å². The number of thiophene rings is 1. The van der Waals surface area contributed by atoms with E-state index in [1.54, 1.807) is 34.1 Å². The van der Waals surface area contributed by atoms with E-state index in [2.05, 4.69) is 26.6 Å². The molecule has 186 valence electrons. The minimum absolute atomic E-state index is 0.0538. The van der Waals surface area contributed by atoms with Crippen LogP contribution in [0.4, 0.5) is 11.4 Å². The molecule has 2 N–H and O–H groups in total. The summed E-state index contributed by atoms with van der Waals surface area (Å²) in [5, 5.41) is 5.91. The highest BCUT2D eigenvalue weighted by molar-refractivity contribution is 9.11. The van der Waals surface area contributed by atoms with E-state index in [1.165, 1.54) is 18.3 Å². The topological polar surface area (TPSA) is 108 Å². The number of likely N-dealkylation sites (tertiary alicyclic amines) is 1. The number of halogens is 1. The first kappa shape index (κ1) is 25.3. The fraction of sp³-hybridized carbons (Fsp3) is 0.417. The number of rotatable bonds is 5. The van der Waals surface area contributed by atoms with Gasteiger partial charge in [0, 0.05) is 37.9 Å². The van der Waals surface area contributed by atoms with Crippen molar-refractivity contribution in [2.45, 2.75) is 32.2 Å². The normalized spacial score (nSPS) is 17.7. The molecule has 2 saturated heterocycles. The number of carbonyl (C=O) groups is 4. The number of carbonyl (C=O) groups excluding carboxylic acids is 4. The van der Waals surface area contributed by atoms with Gasteiger partial charge in [-0.1, -0.05) is 0 Å². The van der Waals surface area contributed by atoms with E-state index >= 15 is 0 Å². The van der Waals surface area contributed by atoms with Crippen molar-refractivity contribution < 1.29 is 23.9 Å². The van der Waals surface area contributed by atoms with Crippen LogP contribution in [0, 0.1) is 6.92 Å². The van der Waals surface area contributed by atoms with Gasteiger partial charge in [-0.2, -0.15) is 0 Å². The smallest absolute Gasteiger partial charge is 0.262 e. The Bertz CT molecular complexity index is 1160. The third-order valence-corrected chi connectivity index (χ3v) is 8.00. The van der Waals surface area contributed by atoms with Crippen LogP contribution in [0.3, 0.4) is 0 Å². The number of nitrogens with zero attached hydrogens (tertiary/aromatic N) is 2. The molecule has 0 atom stereocenters. The minimum Gasteiger partial charge on any atom is -0.370 e. The molecule has 2 aromatic rings. The van der Waals surface area contributed by atoms with Crippen LogP contribution in [0.2, 0.25) is 0 Å². The van der Waals surface area contributed by atoms with E-state index in [0.717, 1.165) is 15.0 Å². The number of hydrogen-bond donors (Lipinski definition) is 2. The predicted molar refractivity (Wildman–Crippen MR) is 137 cm³/mol. The van der Waals surface area contributed by atoms with Gasteiger partial charge in [-0.3, -0.25) is 19.2 Å². The number of piperidine rings is 1. The summed E-state index contributed by atoms with van der Waals surface area (Å²) in [6.45, 7) is 5.13. The number of morpholine rings is 1. The summed E-state index contributed by atoms with van der Waals surface area (Å²) in [5.74, 6) is -0.824. The van der Waals surface area contributed by atoms with E-state index < -0.39 is 5.54 Å². The molecule has 2 aliphatic heterocycles. The van der Waals surface area contributed by atoms with Crippen LogP contribution in [0.5, 0.6) is 0 Å². The number of anilines is 2. The Morgan fingerprint density at radius 2 is 1.86 bits per heavy atom. The first-order chi connectivity index (χ1) is 16.7. The van der Waals surface area contributed by atoms with Gasteiger partial charge in [0.1, 0.15) is 12.1 Å². The van der Waals surface area contributed by atoms with E-state index in [0.29, 0.717) is 49.6 Å². The Morgan fingerprint density at radius 1 is 1.11 bits per heavy atom. The molecule has 0 spiro atoms. The number of amides is 4.